The van der Waals surface area contributed by atoms with Crippen LogP contribution in [0.15, 0.2) is 42.7 Å². The topological polar surface area (TPSA) is 169 Å². The van der Waals surface area contributed by atoms with Gasteiger partial charge in [0.2, 0.25) is 11.5 Å². The number of hydrogen-bond acceptors (Lipinski definition) is 10. The number of nitrogens with zero attached hydrogens (tertiary/aromatic N) is 4. The molecule has 2 amide bonds. The molecule has 2 aliphatic rings. The van der Waals surface area contributed by atoms with Gasteiger partial charge in [-0.1, -0.05) is 12.1 Å². The van der Waals surface area contributed by atoms with Crippen LogP contribution in [-0.2, 0) is 35.8 Å². The highest BCUT2D eigenvalue weighted by Gasteiger charge is 2.65. The molecular formula is C29H33FN6O7. The van der Waals surface area contributed by atoms with E-state index >= 15 is 0 Å². The van der Waals surface area contributed by atoms with Gasteiger partial charge in [-0.15, -0.1) is 10.2 Å². The Morgan fingerprint density at radius 2 is 1.91 bits per heavy atom. The molecule has 14 heteroatoms. The fraction of sp³-hybridized carbons (Fsp3) is 0.483. The number of fused-ring (bicyclic) bond motifs is 2. The van der Waals surface area contributed by atoms with E-state index in [1.165, 1.54) is 35.0 Å². The number of aliphatic hydroxyl groups excluding tert-OH is 1. The molecule has 2 saturated heterocycles. The summed E-state index contributed by atoms with van der Waals surface area (Å²) in [4.78, 5) is 26.1. The van der Waals surface area contributed by atoms with Crippen LogP contribution in [0.25, 0.3) is 5.52 Å². The summed E-state index contributed by atoms with van der Waals surface area (Å²) in [6.07, 6.45) is -1.82. The minimum absolute atomic E-state index is 0.0261. The first kappa shape index (κ1) is 30.3. The number of halogens is 1. The summed E-state index contributed by atoms with van der Waals surface area (Å²) in [5.74, 6) is -2.05. The van der Waals surface area contributed by atoms with E-state index in [1.807, 2.05) is 0 Å². The molecule has 43 heavy (non-hydrogen) atoms. The lowest BCUT2D eigenvalue weighted by Gasteiger charge is -2.29. The third-order valence-electron chi connectivity index (χ3n) is 7.05. The first-order chi connectivity index (χ1) is 20.2. The third-order valence-corrected chi connectivity index (χ3v) is 7.05. The lowest BCUT2D eigenvalue weighted by molar-refractivity contribution is -0.204. The van der Waals surface area contributed by atoms with E-state index in [-0.39, 0.29) is 12.2 Å². The quantitative estimate of drug-likeness (QED) is 0.368. The maximum absolute atomic E-state index is 13.5. The molecule has 0 aliphatic carbocycles. The zero-order chi connectivity index (χ0) is 31.2. The monoisotopic (exact) mass is 596 g/mol. The van der Waals surface area contributed by atoms with E-state index in [1.54, 1.807) is 46.8 Å². The Kier molecular flexibility index (Phi) is 7.86. The normalized spacial score (nSPS) is 25.1. The van der Waals surface area contributed by atoms with Gasteiger partial charge < -0.3 is 34.7 Å². The van der Waals surface area contributed by atoms with Crippen LogP contribution < -0.4 is 10.6 Å². The van der Waals surface area contributed by atoms with Crippen molar-refractivity contribution in [3.8, 4) is 6.07 Å². The lowest BCUT2D eigenvalue weighted by Crippen LogP contribution is -2.47. The molecule has 0 spiro atoms. The van der Waals surface area contributed by atoms with Gasteiger partial charge in [0, 0.05) is 6.42 Å². The van der Waals surface area contributed by atoms with Crippen LogP contribution in [0, 0.1) is 17.1 Å². The van der Waals surface area contributed by atoms with Crippen LogP contribution in [-0.4, -0.2) is 74.1 Å². The van der Waals surface area contributed by atoms with E-state index < -0.39 is 65.8 Å². The molecule has 4 heterocycles. The Labute approximate surface area is 246 Å². The lowest BCUT2D eigenvalue weighted by atomic mass is 9.92. The van der Waals surface area contributed by atoms with Crippen LogP contribution >= 0.6 is 0 Å². The highest BCUT2D eigenvalue weighted by atomic mass is 19.1. The molecule has 1 aromatic carbocycles. The smallest absolute Gasteiger partial charge is 0.408 e. The van der Waals surface area contributed by atoms with Gasteiger partial charge in [0.15, 0.2) is 11.6 Å². The zero-order valence-electron chi connectivity index (χ0n) is 24.3. The van der Waals surface area contributed by atoms with Gasteiger partial charge >= 0.3 is 6.09 Å². The number of aliphatic hydroxyl groups is 1. The standard InChI is InChI=1S/C29H33FN6O7/c1-27(2,3)43-26(39)33-18(12-16-6-8-17(30)9-7-16)25(38)34-24-19-10-11-21(36(19)15-32-35-24)29(14-31)23-22(20(13-37)40-29)41-28(4,5)42-23/h6-11,15,18,20,22-23,37H,12-13H2,1-5H3,(H,33,39)(H,34,35,38)/t18-,20+,22+,23+,29-/m0/s1. The molecule has 0 bridgehead atoms. The number of hydrogen-bond donors (Lipinski definition) is 3. The largest absolute Gasteiger partial charge is 0.444 e. The van der Waals surface area contributed by atoms with Crippen LogP contribution in [0.5, 0.6) is 0 Å². The molecule has 3 aromatic rings. The second-order valence-electron chi connectivity index (χ2n) is 11.9. The maximum atomic E-state index is 13.5. The number of carbonyl (C=O) groups excluding carboxylic acids is 2. The second-order valence-corrected chi connectivity index (χ2v) is 11.9. The summed E-state index contributed by atoms with van der Waals surface area (Å²) in [6, 6.07) is 9.87. The molecule has 5 atom stereocenters. The van der Waals surface area contributed by atoms with E-state index in [9.17, 15) is 24.3 Å². The van der Waals surface area contributed by atoms with Crippen molar-refractivity contribution in [2.75, 3.05) is 11.9 Å². The summed E-state index contributed by atoms with van der Waals surface area (Å²) < 4.78 is 38.5. The van der Waals surface area contributed by atoms with Crippen molar-refractivity contribution in [1.82, 2.24) is 19.9 Å². The van der Waals surface area contributed by atoms with E-state index in [0.717, 1.165) is 0 Å². The van der Waals surface area contributed by atoms with Crippen molar-refractivity contribution in [3.05, 3.63) is 59.8 Å². The molecule has 2 aliphatic heterocycles. The number of ether oxygens (including phenoxy) is 4. The highest BCUT2D eigenvalue weighted by Crippen LogP contribution is 2.49. The number of benzene rings is 1. The molecule has 0 radical (unpaired) electrons. The van der Waals surface area contributed by atoms with Gasteiger partial charge in [-0.05, 0) is 64.4 Å². The molecule has 3 N–H and O–H groups in total. The predicted molar refractivity (Wildman–Crippen MR) is 148 cm³/mol. The summed E-state index contributed by atoms with van der Waals surface area (Å²) >= 11 is 0. The van der Waals surface area contributed by atoms with E-state index in [2.05, 4.69) is 26.9 Å². The summed E-state index contributed by atoms with van der Waals surface area (Å²) in [5, 5.41) is 33.7. The number of rotatable bonds is 7. The number of nitrogens with one attached hydrogen (secondary N) is 2. The average Bonchev–Trinajstić information content (AvgIpc) is 3.59. The molecule has 5 rings (SSSR count). The molecule has 2 fully saturated rings. The van der Waals surface area contributed by atoms with Gasteiger partial charge in [-0.2, -0.15) is 5.26 Å². The minimum atomic E-state index is -1.67. The van der Waals surface area contributed by atoms with Crippen molar-refractivity contribution in [1.29, 1.82) is 5.26 Å². The molecule has 228 valence electrons. The number of amides is 2. The Morgan fingerprint density at radius 1 is 1.19 bits per heavy atom. The van der Waals surface area contributed by atoms with Gasteiger partial charge in [-0.3, -0.25) is 9.20 Å². The van der Waals surface area contributed by atoms with E-state index in [0.29, 0.717) is 16.8 Å². The Hall–Kier alpha value is -4.16. The Morgan fingerprint density at radius 3 is 2.56 bits per heavy atom. The Balaban J connectivity index is 1.45. The molecule has 2 aromatic heterocycles. The first-order valence-corrected chi connectivity index (χ1v) is 13.7. The molecular weight excluding hydrogens is 563 g/mol. The SMILES string of the molecule is CC(C)(C)OC(=O)N[C@@H](Cc1ccc(F)cc1)C(=O)Nc1nncn2c([C@]3(C#N)O[C@H](CO)[C@H]4OC(C)(C)O[C@H]43)ccc12. The fourth-order valence-electron chi connectivity index (χ4n) is 5.31. The van der Waals surface area contributed by atoms with Crippen molar-refractivity contribution < 1.29 is 38.0 Å². The van der Waals surface area contributed by atoms with Crippen LogP contribution in [0.1, 0.15) is 45.9 Å². The van der Waals surface area contributed by atoms with Crippen molar-refractivity contribution in [3.63, 3.8) is 0 Å². The second kappa shape index (κ2) is 11.2. The highest BCUT2D eigenvalue weighted by molar-refractivity contribution is 5.98. The zero-order valence-corrected chi connectivity index (χ0v) is 24.3. The summed E-state index contributed by atoms with van der Waals surface area (Å²) in [6.45, 7) is 8.11. The average molecular weight is 597 g/mol. The van der Waals surface area contributed by atoms with E-state index in [4.69, 9.17) is 18.9 Å². The third kappa shape index (κ3) is 6.02. The van der Waals surface area contributed by atoms with Gasteiger partial charge in [0.1, 0.15) is 48.2 Å². The minimum Gasteiger partial charge on any atom is -0.444 e. The van der Waals surface area contributed by atoms with Crippen LogP contribution in [0.2, 0.25) is 0 Å². The fourth-order valence-corrected chi connectivity index (χ4v) is 5.31. The number of alkyl carbamates (subject to hydrolysis) is 1. The molecule has 0 saturated carbocycles. The van der Waals surface area contributed by atoms with Crippen LogP contribution in [0.4, 0.5) is 15.0 Å². The van der Waals surface area contributed by atoms with Crippen molar-refractivity contribution in [2.24, 2.45) is 0 Å². The van der Waals surface area contributed by atoms with Crippen LogP contribution in [0.3, 0.4) is 0 Å². The first-order valence-electron chi connectivity index (χ1n) is 13.7. The van der Waals surface area contributed by atoms with Crippen molar-refractivity contribution in [2.45, 2.75) is 82.4 Å². The number of carbonyl (C=O) groups is 2. The number of aromatic nitrogens is 3. The Bertz CT molecular complexity index is 1560. The summed E-state index contributed by atoms with van der Waals surface area (Å²) in [7, 11) is 0. The van der Waals surface area contributed by atoms with Gasteiger partial charge in [0.25, 0.3) is 0 Å². The number of anilines is 1. The van der Waals surface area contributed by atoms with Gasteiger partial charge in [-0.25, -0.2) is 9.18 Å². The summed E-state index contributed by atoms with van der Waals surface area (Å²) in [5.41, 5.74) is -1.19. The van der Waals surface area contributed by atoms with Crippen molar-refractivity contribution >= 4 is 23.3 Å². The van der Waals surface area contributed by atoms with Gasteiger partial charge in [0.05, 0.1) is 17.8 Å². The number of nitriles is 1. The molecule has 13 nitrogen and oxygen atoms in total. The maximum Gasteiger partial charge on any atom is 0.408 e. The molecule has 0 unspecified atom stereocenters. The predicted octanol–water partition coefficient (Wildman–Crippen LogP) is 2.57.